The van der Waals surface area contributed by atoms with Gasteiger partial charge in [0.15, 0.2) is 0 Å². The first-order chi connectivity index (χ1) is 10.6. The molecule has 22 heavy (non-hydrogen) atoms. The summed E-state index contributed by atoms with van der Waals surface area (Å²) in [6.45, 7) is 3.48. The van der Waals surface area contributed by atoms with Crippen molar-refractivity contribution in [3.63, 3.8) is 0 Å². The third-order valence-corrected chi connectivity index (χ3v) is 3.97. The SMILES string of the molecule is Fc1ccc(N2CCN(Cc3cc(F)ccc3F)CC2)cc1. The van der Waals surface area contributed by atoms with Gasteiger partial charge in [0.25, 0.3) is 0 Å². The molecule has 1 aliphatic rings. The van der Waals surface area contributed by atoms with E-state index in [-0.39, 0.29) is 11.6 Å². The zero-order valence-corrected chi connectivity index (χ0v) is 12.1. The van der Waals surface area contributed by atoms with Crippen LogP contribution in [0.25, 0.3) is 0 Å². The molecule has 0 aliphatic carbocycles. The predicted molar refractivity (Wildman–Crippen MR) is 80.2 cm³/mol. The molecule has 1 fully saturated rings. The van der Waals surface area contributed by atoms with Gasteiger partial charge in [0.05, 0.1) is 0 Å². The Balaban J connectivity index is 1.60. The summed E-state index contributed by atoms with van der Waals surface area (Å²) in [6.07, 6.45) is 0. The average molecular weight is 306 g/mol. The van der Waals surface area contributed by atoms with E-state index in [1.807, 2.05) is 0 Å². The maximum Gasteiger partial charge on any atom is 0.127 e. The van der Waals surface area contributed by atoms with E-state index in [0.717, 1.165) is 37.9 Å². The third-order valence-electron chi connectivity index (χ3n) is 3.97. The number of benzene rings is 2. The zero-order chi connectivity index (χ0) is 15.5. The van der Waals surface area contributed by atoms with Crippen molar-refractivity contribution in [1.29, 1.82) is 0 Å². The number of nitrogens with zero attached hydrogens (tertiary/aromatic N) is 2. The van der Waals surface area contributed by atoms with E-state index in [4.69, 9.17) is 0 Å². The standard InChI is InChI=1S/C17H17F3N2/c18-14-1-4-16(5-2-14)22-9-7-21(8-10-22)12-13-11-15(19)3-6-17(13)20/h1-6,11H,7-10,12H2. The molecule has 3 rings (SSSR count). The summed E-state index contributed by atoms with van der Waals surface area (Å²) in [6, 6.07) is 9.97. The van der Waals surface area contributed by atoms with E-state index in [2.05, 4.69) is 9.80 Å². The van der Waals surface area contributed by atoms with Crippen molar-refractivity contribution in [2.24, 2.45) is 0 Å². The van der Waals surface area contributed by atoms with Gasteiger partial charge >= 0.3 is 0 Å². The molecule has 0 amide bonds. The highest BCUT2D eigenvalue weighted by atomic mass is 19.1. The van der Waals surface area contributed by atoms with E-state index in [9.17, 15) is 13.2 Å². The van der Waals surface area contributed by atoms with E-state index >= 15 is 0 Å². The third kappa shape index (κ3) is 3.42. The summed E-state index contributed by atoms with van der Waals surface area (Å²) in [5.74, 6) is -1.03. The Labute approximate surface area is 127 Å². The predicted octanol–water partition coefficient (Wildman–Crippen LogP) is 3.43. The number of hydrogen-bond donors (Lipinski definition) is 0. The van der Waals surface area contributed by atoms with E-state index in [1.165, 1.54) is 24.3 Å². The minimum Gasteiger partial charge on any atom is -0.369 e. The highest BCUT2D eigenvalue weighted by Gasteiger charge is 2.18. The molecule has 0 atom stereocenters. The molecule has 0 radical (unpaired) electrons. The molecule has 0 bridgehead atoms. The Kier molecular flexibility index (Phi) is 4.34. The Bertz CT molecular complexity index is 635. The van der Waals surface area contributed by atoms with Gasteiger partial charge in [-0.25, -0.2) is 13.2 Å². The Morgan fingerprint density at radius 3 is 2.09 bits per heavy atom. The fraction of sp³-hybridized carbons (Fsp3) is 0.294. The van der Waals surface area contributed by atoms with E-state index < -0.39 is 5.82 Å². The van der Waals surface area contributed by atoms with E-state index in [0.29, 0.717) is 12.1 Å². The van der Waals surface area contributed by atoms with Gasteiger partial charge in [-0.15, -0.1) is 0 Å². The minimum absolute atomic E-state index is 0.246. The fourth-order valence-corrected chi connectivity index (χ4v) is 2.72. The molecule has 5 heteroatoms. The van der Waals surface area contributed by atoms with Crippen LogP contribution in [0.3, 0.4) is 0 Å². The number of hydrogen-bond acceptors (Lipinski definition) is 2. The van der Waals surface area contributed by atoms with Crippen molar-refractivity contribution in [3.8, 4) is 0 Å². The van der Waals surface area contributed by atoms with Crippen LogP contribution >= 0.6 is 0 Å². The molecule has 2 aromatic carbocycles. The normalized spacial score (nSPS) is 16.0. The number of anilines is 1. The lowest BCUT2D eigenvalue weighted by Gasteiger charge is -2.36. The molecule has 116 valence electrons. The van der Waals surface area contributed by atoms with Crippen molar-refractivity contribution in [2.75, 3.05) is 31.1 Å². The summed E-state index contributed by atoms with van der Waals surface area (Å²) < 4.78 is 39.8. The Hall–Kier alpha value is -2.01. The molecular weight excluding hydrogens is 289 g/mol. The second-order valence-electron chi connectivity index (χ2n) is 5.48. The molecular formula is C17H17F3N2. The number of rotatable bonds is 3. The molecule has 0 N–H and O–H groups in total. The minimum atomic E-state index is -0.415. The van der Waals surface area contributed by atoms with Gasteiger partial charge in [0, 0.05) is 44.0 Å². The summed E-state index contributed by atoms with van der Waals surface area (Å²) in [7, 11) is 0. The van der Waals surface area contributed by atoms with Crippen molar-refractivity contribution in [1.82, 2.24) is 4.90 Å². The maximum atomic E-state index is 13.7. The number of piperazine rings is 1. The molecule has 0 unspecified atom stereocenters. The van der Waals surface area contributed by atoms with Crippen molar-refractivity contribution < 1.29 is 13.2 Å². The van der Waals surface area contributed by atoms with Gasteiger partial charge in [0.1, 0.15) is 17.5 Å². The van der Waals surface area contributed by atoms with Crippen LogP contribution in [0.15, 0.2) is 42.5 Å². The van der Waals surface area contributed by atoms with Gasteiger partial charge in [-0.2, -0.15) is 0 Å². The van der Waals surface area contributed by atoms with Crippen LogP contribution in [-0.2, 0) is 6.54 Å². The smallest absolute Gasteiger partial charge is 0.127 e. The molecule has 0 spiro atoms. The van der Waals surface area contributed by atoms with Crippen molar-refractivity contribution in [2.45, 2.75) is 6.54 Å². The highest BCUT2D eigenvalue weighted by Crippen LogP contribution is 2.19. The largest absolute Gasteiger partial charge is 0.369 e. The van der Waals surface area contributed by atoms with Crippen LogP contribution < -0.4 is 4.90 Å². The van der Waals surface area contributed by atoms with E-state index in [1.54, 1.807) is 12.1 Å². The molecule has 1 saturated heterocycles. The second kappa shape index (κ2) is 6.40. The summed E-state index contributed by atoms with van der Waals surface area (Å²) in [4.78, 5) is 4.26. The van der Waals surface area contributed by atoms with Gasteiger partial charge in [0.2, 0.25) is 0 Å². The monoisotopic (exact) mass is 306 g/mol. The van der Waals surface area contributed by atoms with Gasteiger partial charge in [-0.1, -0.05) is 0 Å². The van der Waals surface area contributed by atoms with Crippen LogP contribution in [-0.4, -0.2) is 31.1 Å². The number of halogens is 3. The fourth-order valence-electron chi connectivity index (χ4n) is 2.72. The lowest BCUT2D eigenvalue weighted by Crippen LogP contribution is -2.46. The van der Waals surface area contributed by atoms with Crippen LogP contribution in [0.2, 0.25) is 0 Å². The molecule has 2 aromatic rings. The van der Waals surface area contributed by atoms with Gasteiger partial charge in [-0.05, 0) is 42.5 Å². The first kappa shape index (κ1) is 14.9. The molecule has 1 heterocycles. The van der Waals surface area contributed by atoms with Crippen molar-refractivity contribution >= 4 is 5.69 Å². The second-order valence-corrected chi connectivity index (χ2v) is 5.48. The molecule has 0 aromatic heterocycles. The van der Waals surface area contributed by atoms with Crippen LogP contribution in [0.5, 0.6) is 0 Å². The van der Waals surface area contributed by atoms with Gasteiger partial charge in [-0.3, -0.25) is 4.90 Å². The van der Waals surface area contributed by atoms with Gasteiger partial charge < -0.3 is 4.90 Å². The topological polar surface area (TPSA) is 6.48 Å². The molecule has 0 saturated carbocycles. The lowest BCUT2D eigenvalue weighted by atomic mass is 10.1. The first-order valence-corrected chi connectivity index (χ1v) is 7.28. The van der Waals surface area contributed by atoms with Crippen LogP contribution in [0, 0.1) is 17.5 Å². The highest BCUT2D eigenvalue weighted by molar-refractivity contribution is 5.46. The van der Waals surface area contributed by atoms with Crippen LogP contribution in [0.4, 0.5) is 18.9 Å². The summed E-state index contributed by atoms with van der Waals surface area (Å²) in [5, 5.41) is 0. The Morgan fingerprint density at radius 1 is 0.773 bits per heavy atom. The van der Waals surface area contributed by atoms with Crippen LogP contribution in [0.1, 0.15) is 5.56 Å². The molecule has 1 aliphatic heterocycles. The lowest BCUT2D eigenvalue weighted by molar-refractivity contribution is 0.246. The average Bonchev–Trinajstić information content (AvgIpc) is 2.53. The van der Waals surface area contributed by atoms with Crippen molar-refractivity contribution in [3.05, 3.63) is 65.5 Å². The molecule has 2 nitrogen and oxygen atoms in total. The summed E-state index contributed by atoms with van der Waals surface area (Å²) >= 11 is 0. The summed E-state index contributed by atoms with van der Waals surface area (Å²) in [5.41, 5.74) is 1.37. The first-order valence-electron chi connectivity index (χ1n) is 7.28. The Morgan fingerprint density at radius 2 is 1.41 bits per heavy atom. The maximum absolute atomic E-state index is 13.7. The quantitative estimate of drug-likeness (QED) is 0.857. The zero-order valence-electron chi connectivity index (χ0n) is 12.1.